The minimum Gasteiger partial charge on any atom is -0.352 e. The molecule has 2 amide bonds. The molecule has 0 bridgehead atoms. The maximum atomic E-state index is 12.5. The number of nitrogens with zero attached hydrogens (tertiary/aromatic N) is 4. The van der Waals surface area contributed by atoms with Crippen LogP contribution in [0.15, 0.2) is 36.4 Å². The Morgan fingerprint density at radius 1 is 1.12 bits per heavy atom. The number of fused-ring (bicyclic) bond motifs is 2. The molecule has 2 N–H and O–H groups in total. The number of halogens is 1. The number of hydrogen-bond donors (Lipinski definition) is 2. The highest BCUT2D eigenvalue weighted by Crippen LogP contribution is 2.31. The van der Waals surface area contributed by atoms with Crippen molar-refractivity contribution in [2.75, 3.05) is 26.0 Å². The highest BCUT2D eigenvalue weighted by atomic mass is 35.5. The van der Waals surface area contributed by atoms with Crippen molar-refractivity contribution in [3.05, 3.63) is 47.0 Å². The van der Waals surface area contributed by atoms with Gasteiger partial charge in [0.15, 0.2) is 5.13 Å². The molecule has 32 heavy (non-hydrogen) atoms. The number of hydrogen-bond acceptors (Lipinski definition) is 6. The minimum absolute atomic E-state index is 0.0467. The van der Waals surface area contributed by atoms with Crippen LogP contribution in [-0.2, 0) is 11.8 Å². The number of aryl methyl sites for hydroxylation is 1. The van der Waals surface area contributed by atoms with Gasteiger partial charge in [-0.25, -0.2) is 9.97 Å². The number of benzene rings is 2. The molecule has 8 nitrogen and oxygen atoms in total. The number of imidazole rings is 1. The summed E-state index contributed by atoms with van der Waals surface area (Å²) in [6.45, 7) is 0.438. The summed E-state index contributed by atoms with van der Waals surface area (Å²) in [6.07, 6.45) is 0.996. The van der Waals surface area contributed by atoms with Gasteiger partial charge in [0.2, 0.25) is 11.9 Å². The predicted molar refractivity (Wildman–Crippen MR) is 129 cm³/mol. The number of nitrogens with one attached hydrogen (secondary N) is 2. The number of thiazole rings is 1. The van der Waals surface area contributed by atoms with Crippen LogP contribution in [0.1, 0.15) is 23.2 Å². The van der Waals surface area contributed by atoms with Crippen molar-refractivity contribution in [1.29, 1.82) is 0 Å². The summed E-state index contributed by atoms with van der Waals surface area (Å²) in [6, 6.07) is 11.0. The molecule has 10 heteroatoms. The van der Waals surface area contributed by atoms with Crippen LogP contribution in [0.2, 0.25) is 5.02 Å². The van der Waals surface area contributed by atoms with Gasteiger partial charge in [-0.15, -0.1) is 0 Å². The molecular formula is C22H23ClN6O2S. The van der Waals surface area contributed by atoms with Crippen LogP contribution in [0.25, 0.3) is 21.3 Å². The average Bonchev–Trinajstić information content (AvgIpc) is 3.30. The standard InChI is InChI=1S/C22H23ClN6O2S/c1-28(2)19(30)5-4-10-24-20(31)13-6-9-17-16(11-13)25-21(29(17)3)27-22-26-15-8-7-14(23)12-18(15)32-22/h6-9,11-12H,4-5,10H2,1-3H3,(H,24,31)(H,25,26,27). The van der Waals surface area contributed by atoms with E-state index in [0.29, 0.717) is 46.6 Å². The molecular weight excluding hydrogens is 448 g/mol. The van der Waals surface area contributed by atoms with E-state index in [4.69, 9.17) is 11.6 Å². The molecule has 0 fully saturated rings. The van der Waals surface area contributed by atoms with E-state index >= 15 is 0 Å². The van der Waals surface area contributed by atoms with Gasteiger partial charge in [-0.2, -0.15) is 0 Å². The largest absolute Gasteiger partial charge is 0.352 e. The van der Waals surface area contributed by atoms with Crippen LogP contribution < -0.4 is 10.6 Å². The SMILES string of the molecule is CN(C)C(=O)CCCNC(=O)c1ccc2c(c1)nc(Nc1nc3ccc(Cl)cc3s1)n2C. The highest BCUT2D eigenvalue weighted by molar-refractivity contribution is 7.22. The summed E-state index contributed by atoms with van der Waals surface area (Å²) in [5, 5.41) is 7.51. The van der Waals surface area contributed by atoms with Crippen molar-refractivity contribution in [2.45, 2.75) is 12.8 Å². The quantitative estimate of drug-likeness (QED) is 0.395. The Bertz CT molecular complexity index is 1310. The van der Waals surface area contributed by atoms with Crippen LogP contribution >= 0.6 is 22.9 Å². The van der Waals surface area contributed by atoms with E-state index in [1.165, 1.54) is 11.3 Å². The van der Waals surface area contributed by atoms with Crippen LogP contribution in [0.5, 0.6) is 0 Å². The fourth-order valence-corrected chi connectivity index (χ4v) is 4.40. The number of anilines is 2. The van der Waals surface area contributed by atoms with Gasteiger partial charge in [0.25, 0.3) is 5.91 Å². The molecule has 0 saturated carbocycles. The summed E-state index contributed by atoms with van der Waals surface area (Å²) in [5.41, 5.74) is 2.99. The van der Waals surface area contributed by atoms with Gasteiger partial charge in [0.1, 0.15) is 0 Å². The van der Waals surface area contributed by atoms with Crippen LogP contribution in [-0.4, -0.2) is 51.9 Å². The molecule has 0 saturated heterocycles. The first-order valence-electron chi connectivity index (χ1n) is 10.1. The second-order valence-corrected chi connectivity index (χ2v) is 9.07. The number of aromatic nitrogens is 3. The lowest BCUT2D eigenvalue weighted by atomic mass is 10.2. The Balaban J connectivity index is 1.46. The molecule has 0 aliphatic carbocycles. The van der Waals surface area contributed by atoms with Gasteiger partial charge < -0.3 is 20.1 Å². The van der Waals surface area contributed by atoms with Crippen molar-refractivity contribution in [1.82, 2.24) is 24.8 Å². The zero-order valence-corrected chi connectivity index (χ0v) is 19.5. The molecule has 0 aliphatic heterocycles. The Morgan fingerprint density at radius 2 is 1.94 bits per heavy atom. The fourth-order valence-electron chi connectivity index (χ4n) is 3.27. The topological polar surface area (TPSA) is 92.2 Å². The smallest absolute Gasteiger partial charge is 0.251 e. The molecule has 2 aromatic heterocycles. The third kappa shape index (κ3) is 4.68. The second kappa shape index (κ2) is 9.13. The third-order valence-corrected chi connectivity index (χ3v) is 6.23. The van der Waals surface area contributed by atoms with E-state index in [2.05, 4.69) is 20.6 Å². The Morgan fingerprint density at radius 3 is 2.72 bits per heavy atom. The zero-order chi connectivity index (χ0) is 22.8. The predicted octanol–water partition coefficient (Wildman–Crippen LogP) is 4.18. The van der Waals surface area contributed by atoms with Crippen molar-refractivity contribution >= 4 is 67.1 Å². The number of carbonyl (C=O) groups excluding carboxylic acids is 2. The second-order valence-electron chi connectivity index (χ2n) is 7.60. The van der Waals surface area contributed by atoms with Gasteiger partial charge >= 0.3 is 0 Å². The summed E-state index contributed by atoms with van der Waals surface area (Å²) in [4.78, 5) is 34.9. The molecule has 4 rings (SSSR count). The molecule has 0 atom stereocenters. The number of amides is 2. The Hall–Kier alpha value is -3.17. The molecule has 0 spiro atoms. The molecule has 4 aromatic rings. The van der Waals surface area contributed by atoms with Crippen molar-refractivity contribution in [3.8, 4) is 0 Å². The minimum atomic E-state index is -0.188. The number of carbonyl (C=O) groups is 2. The molecule has 166 valence electrons. The van der Waals surface area contributed by atoms with Crippen molar-refractivity contribution in [3.63, 3.8) is 0 Å². The molecule has 2 aromatic carbocycles. The van der Waals surface area contributed by atoms with Gasteiger partial charge in [-0.3, -0.25) is 9.59 Å². The van der Waals surface area contributed by atoms with Gasteiger partial charge in [0, 0.05) is 44.7 Å². The van der Waals surface area contributed by atoms with Crippen molar-refractivity contribution < 1.29 is 9.59 Å². The summed E-state index contributed by atoms with van der Waals surface area (Å²) >= 11 is 7.56. The molecule has 0 unspecified atom stereocenters. The van der Waals surface area contributed by atoms with Crippen molar-refractivity contribution in [2.24, 2.45) is 7.05 Å². The first kappa shape index (κ1) is 22.0. The van der Waals surface area contributed by atoms with Gasteiger partial charge in [-0.1, -0.05) is 22.9 Å². The molecule has 0 radical (unpaired) electrons. The Kier molecular flexibility index (Phi) is 6.29. The monoisotopic (exact) mass is 470 g/mol. The maximum absolute atomic E-state index is 12.5. The lowest BCUT2D eigenvalue weighted by molar-refractivity contribution is -0.128. The first-order valence-corrected chi connectivity index (χ1v) is 11.3. The average molecular weight is 471 g/mol. The first-order chi connectivity index (χ1) is 15.3. The van der Waals surface area contributed by atoms with E-state index < -0.39 is 0 Å². The lowest BCUT2D eigenvalue weighted by Gasteiger charge is -2.10. The highest BCUT2D eigenvalue weighted by Gasteiger charge is 2.14. The lowest BCUT2D eigenvalue weighted by Crippen LogP contribution is -2.27. The molecule has 2 heterocycles. The summed E-state index contributed by atoms with van der Waals surface area (Å²) in [5.74, 6) is 0.489. The molecule has 0 aliphatic rings. The van der Waals surface area contributed by atoms with E-state index in [0.717, 1.165) is 15.7 Å². The zero-order valence-electron chi connectivity index (χ0n) is 18.0. The van der Waals surface area contributed by atoms with E-state index in [9.17, 15) is 9.59 Å². The maximum Gasteiger partial charge on any atom is 0.251 e. The Labute approximate surface area is 194 Å². The summed E-state index contributed by atoms with van der Waals surface area (Å²) in [7, 11) is 5.35. The van der Waals surface area contributed by atoms with E-state index in [1.54, 1.807) is 31.1 Å². The summed E-state index contributed by atoms with van der Waals surface area (Å²) < 4.78 is 2.91. The van der Waals surface area contributed by atoms with E-state index in [1.807, 2.05) is 35.9 Å². The van der Waals surface area contributed by atoms with Crippen LogP contribution in [0.4, 0.5) is 11.1 Å². The number of rotatable bonds is 7. The normalized spacial score (nSPS) is 11.1. The van der Waals surface area contributed by atoms with Gasteiger partial charge in [0.05, 0.1) is 21.3 Å². The van der Waals surface area contributed by atoms with Crippen LogP contribution in [0.3, 0.4) is 0 Å². The third-order valence-electron chi connectivity index (χ3n) is 5.06. The fraction of sp³-hybridized carbons (Fsp3) is 0.273. The van der Waals surface area contributed by atoms with E-state index in [-0.39, 0.29) is 11.8 Å². The van der Waals surface area contributed by atoms with Gasteiger partial charge in [-0.05, 0) is 42.8 Å². The van der Waals surface area contributed by atoms with Crippen LogP contribution in [0, 0.1) is 0 Å².